The number of sulfone groups is 1. The first-order valence-corrected chi connectivity index (χ1v) is 7.33. The number of carbonyl (C=O) groups is 1. The molecular weight excluding hydrogens is 242 g/mol. The second-order valence-corrected chi connectivity index (χ2v) is 6.62. The normalized spacial score (nSPS) is 22.5. The van der Waals surface area contributed by atoms with Crippen LogP contribution in [0.1, 0.15) is 22.7 Å². The van der Waals surface area contributed by atoms with Crippen LogP contribution >= 0.6 is 0 Å². The van der Waals surface area contributed by atoms with Crippen LogP contribution < -0.4 is 5.32 Å². The molecule has 2 rings (SSSR count). The number of hydrogen-bond acceptors (Lipinski definition) is 4. The zero-order chi connectivity index (χ0) is 12.5. The summed E-state index contributed by atoms with van der Waals surface area (Å²) in [5.74, 6) is 1.09. The van der Waals surface area contributed by atoms with Crippen LogP contribution in [0.4, 0.5) is 0 Å². The van der Waals surface area contributed by atoms with E-state index in [0.29, 0.717) is 18.7 Å². The molecule has 1 amide bonds. The molecule has 0 unspecified atom stereocenters. The lowest BCUT2D eigenvalue weighted by molar-refractivity contribution is 0.0919. The van der Waals surface area contributed by atoms with E-state index >= 15 is 0 Å². The SMILES string of the molecule is Cc1ccc(C(=O)NC[C@H]2CCS(=O)(=O)C2)o1. The summed E-state index contributed by atoms with van der Waals surface area (Å²) in [6.45, 7) is 2.15. The fraction of sp³-hybridized carbons (Fsp3) is 0.545. The summed E-state index contributed by atoms with van der Waals surface area (Å²) in [7, 11) is -2.88. The Morgan fingerprint density at radius 1 is 1.53 bits per heavy atom. The maximum atomic E-state index is 11.6. The molecule has 0 aliphatic carbocycles. The van der Waals surface area contributed by atoms with Crippen LogP contribution in [-0.4, -0.2) is 32.4 Å². The summed E-state index contributed by atoms with van der Waals surface area (Å²) >= 11 is 0. The fourth-order valence-corrected chi connectivity index (χ4v) is 3.78. The second kappa shape index (κ2) is 4.52. The van der Waals surface area contributed by atoms with Gasteiger partial charge < -0.3 is 9.73 Å². The molecule has 0 saturated carbocycles. The largest absolute Gasteiger partial charge is 0.456 e. The minimum atomic E-state index is -2.88. The number of nitrogens with one attached hydrogen (secondary N) is 1. The van der Waals surface area contributed by atoms with Gasteiger partial charge in [-0.05, 0) is 31.4 Å². The molecule has 17 heavy (non-hydrogen) atoms. The van der Waals surface area contributed by atoms with Crippen LogP contribution in [0.2, 0.25) is 0 Å². The van der Waals surface area contributed by atoms with E-state index in [2.05, 4.69) is 5.32 Å². The third-order valence-electron chi connectivity index (χ3n) is 2.84. The number of hydrogen-bond donors (Lipinski definition) is 1. The molecule has 5 nitrogen and oxygen atoms in total. The highest BCUT2D eigenvalue weighted by Crippen LogP contribution is 2.17. The van der Waals surface area contributed by atoms with Crippen LogP contribution in [0.15, 0.2) is 16.5 Å². The van der Waals surface area contributed by atoms with E-state index in [4.69, 9.17) is 4.42 Å². The Kier molecular flexibility index (Phi) is 3.24. The fourth-order valence-electron chi connectivity index (χ4n) is 1.91. The van der Waals surface area contributed by atoms with Gasteiger partial charge in [0.2, 0.25) is 0 Å². The molecule has 1 N–H and O–H groups in total. The Labute approximate surface area is 100 Å². The van der Waals surface area contributed by atoms with Crippen LogP contribution in [0.5, 0.6) is 0 Å². The third kappa shape index (κ3) is 3.09. The van der Waals surface area contributed by atoms with Crippen molar-refractivity contribution in [2.24, 2.45) is 5.92 Å². The molecule has 6 heteroatoms. The van der Waals surface area contributed by atoms with Crippen molar-refractivity contribution in [2.45, 2.75) is 13.3 Å². The first-order chi connectivity index (χ1) is 7.96. The average Bonchev–Trinajstić information content (AvgIpc) is 2.81. The van der Waals surface area contributed by atoms with E-state index in [-0.39, 0.29) is 29.1 Å². The Hall–Kier alpha value is -1.30. The molecule has 1 aliphatic heterocycles. The molecule has 1 aliphatic rings. The van der Waals surface area contributed by atoms with Crippen molar-refractivity contribution in [1.82, 2.24) is 5.32 Å². The predicted octanol–water partition coefficient (Wildman–Crippen LogP) is 0.753. The maximum Gasteiger partial charge on any atom is 0.287 e. The molecule has 2 heterocycles. The van der Waals surface area contributed by atoms with Crippen molar-refractivity contribution in [3.63, 3.8) is 0 Å². The van der Waals surface area contributed by atoms with E-state index < -0.39 is 9.84 Å². The molecule has 1 saturated heterocycles. The third-order valence-corrected chi connectivity index (χ3v) is 4.68. The Balaban J connectivity index is 1.85. The van der Waals surface area contributed by atoms with Gasteiger partial charge >= 0.3 is 0 Å². The van der Waals surface area contributed by atoms with E-state index in [1.165, 1.54) is 0 Å². The first kappa shape index (κ1) is 12.2. The smallest absolute Gasteiger partial charge is 0.287 e. The second-order valence-electron chi connectivity index (χ2n) is 4.39. The van der Waals surface area contributed by atoms with Crippen LogP contribution in [-0.2, 0) is 9.84 Å². The number of carbonyl (C=O) groups excluding carboxylic acids is 1. The van der Waals surface area contributed by atoms with Crippen molar-refractivity contribution in [2.75, 3.05) is 18.1 Å². The van der Waals surface area contributed by atoms with E-state index in [0.717, 1.165) is 0 Å². The van der Waals surface area contributed by atoms with Crippen molar-refractivity contribution in [1.29, 1.82) is 0 Å². The number of furan rings is 1. The molecular formula is C11H15NO4S. The van der Waals surface area contributed by atoms with Gasteiger partial charge in [0.25, 0.3) is 5.91 Å². The molecule has 1 aromatic rings. The number of rotatable bonds is 3. The standard InChI is InChI=1S/C11H15NO4S/c1-8-2-3-10(16-8)11(13)12-6-9-4-5-17(14,15)7-9/h2-3,9H,4-7H2,1H3,(H,12,13)/t9-/m1/s1. The summed E-state index contributed by atoms with van der Waals surface area (Å²) in [5, 5.41) is 2.69. The van der Waals surface area contributed by atoms with Crippen molar-refractivity contribution >= 4 is 15.7 Å². The van der Waals surface area contributed by atoms with Gasteiger partial charge in [0.15, 0.2) is 15.6 Å². The van der Waals surface area contributed by atoms with Gasteiger partial charge in [-0.3, -0.25) is 4.79 Å². The maximum absolute atomic E-state index is 11.6. The van der Waals surface area contributed by atoms with Gasteiger partial charge in [-0.2, -0.15) is 0 Å². The number of aryl methyl sites for hydroxylation is 1. The molecule has 0 bridgehead atoms. The zero-order valence-electron chi connectivity index (χ0n) is 9.60. The van der Waals surface area contributed by atoms with E-state index in [1.807, 2.05) is 0 Å². The zero-order valence-corrected chi connectivity index (χ0v) is 10.4. The molecule has 0 aromatic carbocycles. The highest BCUT2D eigenvalue weighted by atomic mass is 32.2. The first-order valence-electron chi connectivity index (χ1n) is 5.51. The molecule has 1 fully saturated rings. The molecule has 94 valence electrons. The minimum absolute atomic E-state index is 0.0278. The van der Waals surface area contributed by atoms with Crippen LogP contribution in [0.3, 0.4) is 0 Å². The lowest BCUT2D eigenvalue weighted by atomic mass is 10.1. The molecule has 0 spiro atoms. The summed E-state index contributed by atoms with van der Waals surface area (Å²) < 4.78 is 27.6. The van der Waals surface area contributed by atoms with E-state index in [1.54, 1.807) is 19.1 Å². The quantitative estimate of drug-likeness (QED) is 0.867. The summed E-state index contributed by atoms with van der Waals surface area (Å²) in [4.78, 5) is 11.6. The predicted molar refractivity (Wildman–Crippen MR) is 62.5 cm³/mol. The Morgan fingerprint density at radius 3 is 2.82 bits per heavy atom. The number of amides is 1. The lowest BCUT2D eigenvalue weighted by Gasteiger charge is -2.07. The topological polar surface area (TPSA) is 76.4 Å². The lowest BCUT2D eigenvalue weighted by Crippen LogP contribution is -2.29. The van der Waals surface area contributed by atoms with Crippen molar-refractivity contribution in [3.05, 3.63) is 23.7 Å². The van der Waals surface area contributed by atoms with Crippen LogP contribution in [0, 0.1) is 12.8 Å². The van der Waals surface area contributed by atoms with E-state index in [9.17, 15) is 13.2 Å². The van der Waals surface area contributed by atoms with Gasteiger partial charge in [-0.15, -0.1) is 0 Å². The minimum Gasteiger partial charge on any atom is -0.456 e. The average molecular weight is 257 g/mol. The molecule has 1 atom stereocenters. The van der Waals surface area contributed by atoms with Gasteiger partial charge in [0.1, 0.15) is 5.76 Å². The van der Waals surface area contributed by atoms with Gasteiger partial charge in [-0.25, -0.2) is 8.42 Å². The van der Waals surface area contributed by atoms with Gasteiger partial charge in [0.05, 0.1) is 11.5 Å². The highest BCUT2D eigenvalue weighted by Gasteiger charge is 2.28. The van der Waals surface area contributed by atoms with Crippen LogP contribution in [0.25, 0.3) is 0 Å². The highest BCUT2D eigenvalue weighted by molar-refractivity contribution is 7.91. The van der Waals surface area contributed by atoms with Gasteiger partial charge in [-0.1, -0.05) is 0 Å². The summed E-state index contributed by atoms with van der Waals surface area (Å²) in [6.07, 6.45) is 0.625. The van der Waals surface area contributed by atoms with Crippen molar-refractivity contribution < 1.29 is 17.6 Å². The van der Waals surface area contributed by atoms with Crippen molar-refractivity contribution in [3.8, 4) is 0 Å². The Morgan fingerprint density at radius 2 is 2.29 bits per heavy atom. The summed E-state index contributed by atoms with van der Waals surface area (Å²) in [6, 6.07) is 3.32. The molecule has 1 aromatic heterocycles. The Bertz CT molecular complexity index is 517. The monoisotopic (exact) mass is 257 g/mol. The molecule has 0 radical (unpaired) electrons. The summed E-state index contributed by atoms with van der Waals surface area (Å²) in [5.41, 5.74) is 0. The van der Waals surface area contributed by atoms with Gasteiger partial charge in [0, 0.05) is 6.54 Å².